The van der Waals surface area contributed by atoms with Gasteiger partial charge in [-0.2, -0.15) is 0 Å². The highest BCUT2D eigenvalue weighted by Crippen LogP contribution is 2.27. The second-order valence-electron chi connectivity index (χ2n) is 5.22. The molecule has 19 heavy (non-hydrogen) atoms. The molecule has 0 saturated carbocycles. The summed E-state index contributed by atoms with van der Waals surface area (Å²) in [5.41, 5.74) is 2.67. The first-order valence-corrected chi connectivity index (χ1v) is 7.79. The molecular weight excluding hydrogens is 304 g/mol. The smallest absolute Gasteiger partial charge is 0.0726 e. The number of nitrogens with one attached hydrogen (secondary N) is 1. The van der Waals surface area contributed by atoms with Crippen LogP contribution in [0.3, 0.4) is 0 Å². The summed E-state index contributed by atoms with van der Waals surface area (Å²) < 4.78 is 6.95. The van der Waals surface area contributed by atoms with Gasteiger partial charge in [-0.3, -0.25) is 0 Å². The average Bonchev–Trinajstić information content (AvgIpc) is 2.35. The summed E-state index contributed by atoms with van der Waals surface area (Å²) in [6.07, 6.45) is 0.582. The molecule has 3 nitrogen and oxygen atoms in total. The lowest BCUT2D eigenvalue weighted by molar-refractivity contribution is -0.00526. The van der Waals surface area contributed by atoms with E-state index in [1.165, 1.54) is 11.3 Å². The lowest BCUT2D eigenvalue weighted by atomic mass is 10.1. The molecule has 0 unspecified atom stereocenters. The van der Waals surface area contributed by atoms with Gasteiger partial charge >= 0.3 is 0 Å². The summed E-state index contributed by atoms with van der Waals surface area (Å²) >= 11 is 3.56. The van der Waals surface area contributed by atoms with E-state index in [1.807, 2.05) is 0 Å². The highest BCUT2D eigenvalue weighted by molar-refractivity contribution is 9.10. The Morgan fingerprint density at radius 1 is 1.32 bits per heavy atom. The largest absolute Gasteiger partial charge is 0.372 e. The van der Waals surface area contributed by atoms with E-state index in [0.29, 0.717) is 12.2 Å². The van der Waals surface area contributed by atoms with Gasteiger partial charge in [-0.15, -0.1) is 0 Å². The fourth-order valence-electron chi connectivity index (χ4n) is 2.64. The number of hydrogen-bond acceptors (Lipinski definition) is 3. The van der Waals surface area contributed by atoms with E-state index in [2.05, 4.69) is 65.1 Å². The van der Waals surface area contributed by atoms with E-state index in [0.717, 1.165) is 30.7 Å². The molecule has 2 rings (SSSR count). The second kappa shape index (κ2) is 6.73. The van der Waals surface area contributed by atoms with Crippen LogP contribution in [0.5, 0.6) is 0 Å². The number of benzene rings is 1. The third kappa shape index (κ3) is 3.94. The summed E-state index contributed by atoms with van der Waals surface area (Å²) in [4.78, 5) is 2.44. The van der Waals surface area contributed by atoms with Crippen molar-refractivity contribution in [2.45, 2.75) is 39.5 Å². The highest BCUT2D eigenvalue weighted by atomic mass is 79.9. The van der Waals surface area contributed by atoms with Gasteiger partial charge in [-0.1, -0.05) is 22.9 Å². The molecule has 2 atom stereocenters. The minimum absolute atomic E-state index is 0.291. The van der Waals surface area contributed by atoms with Crippen molar-refractivity contribution in [1.29, 1.82) is 0 Å². The maximum absolute atomic E-state index is 5.82. The van der Waals surface area contributed by atoms with Crippen LogP contribution < -0.4 is 10.2 Å². The van der Waals surface area contributed by atoms with E-state index >= 15 is 0 Å². The van der Waals surface area contributed by atoms with E-state index < -0.39 is 0 Å². The average molecular weight is 327 g/mol. The van der Waals surface area contributed by atoms with Crippen LogP contribution in [0, 0.1) is 0 Å². The maximum atomic E-state index is 5.82. The van der Waals surface area contributed by atoms with Crippen LogP contribution in [-0.4, -0.2) is 31.8 Å². The van der Waals surface area contributed by atoms with Crippen molar-refractivity contribution in [2.75, 3.05) is 24.5 Å². The zero-order valence-electron chi connectivity index (χ0n) is 11.9. The fourth-order valence-corrected chi connectivity index (χ4v) is 3.05. The van der Waals surface area contributed by atoms with E-state index in [-0.39, 0.29) is 0 Å². The number of nitrogens with zero attached hydrogens (tertiary/aromatic N) is 1. The third-order valence-electron chi connectivity index (χ3n) is 3.37. The molecule has 0 spiro atoms. The van der Waals surface area contributed by atoms with Crippen molar-refractivity contribution in [2.24, 2.45) is 0 Å². The van der Waals surface area contributed by atoms with Crippen molar-refractivity contribution in [3.63, 3.8) is 0 Å². The Morgan fingerprint density at radius 3 is 2.63 bits per heavy atom. The molecule has 1 saturated heterocycles. The van der Waals surface area contributed by atoms with Crippen molar-refractivity contribution in [3.05, 3.63) is 28.2 Å². The topological polar surface area (TPSA) is 24.5 Å². The van der Waals surface area contributed by atoms with Crippen molar-refractivity contribution in [1.82, 2.24) is 5.32 Å². The van der Waals surface area contributed by atoms with Crippen molar-refractivity contribution >= 4 is 21.6 Å². The fraction of sp³-hybridized carbons (Fsp3) is 0.600. The first-order chi connectivity index (χ1) is 9.10. The first-order valence-electron chi connectivity index (χ1n) is 6.99. The molecule has 1 heterocycles. The lowest BCUT2D eigenvalue weighted by Crippen LogP contribution is -2.46. The molecule has 0 radical (unpaired) electrons. The summed E-state index contributed by atoms with van der Waals surface area (Å²) in [5.74, 6) is 0. The lowest BCUT2D eigenvalue weighted by Gasteiger charge is -2.38. The molecule has 0 aliphatic carbocycles. The van der Waals surface area contributed by atoms with E-state index in [9.17, 15) is 0 Å². The number of ether oxygens (including phenoxy) is 1. The van der Waals surface area contributed by atoms with Gasteiger partial charge in [0, 0.05) is 29.8 Å². The van der Waals surface area contributed by atoms with Crippen molar-refractivity contribution < 1.29 is 4.74 Å². The van der Waals surface area contributed by atoms with E-state index in [4.69, 9.17) is 4.74 Å². The Morgan fingerprint density at radius 2 is 2.00 bits per heavy atom. The molecule has 0 bridgehead atoms. The number of morpholine rings is 1. The van der Waals surface area contributed by atoms with Gasteiger partial charge in [-0.25, -0.2) is 0 Å². The number of rotatable bonds is 4. The molecule has 4 heteroatoms. The molecule has 1 aromatic carbocycles. The number of anilines is 1. The molecule has 0 amide bonds. The van der Waals surface area contributed by atoms with Gasteiger partial charge < -0.3 is 15.0 Å². The third-order valence-corrected chi connectivity index (χ3v) is 3.86. The molecule has 106 valence electrons. The molecule has 0 aromatic heterocycles. The van der Waals surface area contributed by atoms with Gasteiger partial charge in [0.1, 0.15) is 0 Å². The Balaban J connectivity index is 2.22. The van der Waals surface area contributed by atoms with Crippen LogP contribution in [0.15, 0.2) is 22.7 Å². The maximum Gasteiger partial charge on any atom is 0.0726 e. The summed E-state index contributed by atoms with van der Waals surface area (Å²) in [6, 6.07) is 6.54. The van der Waals surface area contributed by atoms with Crippen LogP contribution in [0.4, 0.5) is 5.69 Å². The Labute approximate surface area is 124 Å². The number of hydrogen-bond donors (Lipinski definition) is 1. The second-order valence-corrected chi connectivity index (χ2v) is 6.13. The monoisotopic (exact) mass is 326 g/mol. The van der Waals surface area contributed by atoms with Crippen LogP contribution in [-0.2, 0) is 11.3 Å². The molecule has 1 N–H and O–H groups in total. The minimum atomic E-state index is 0.291. The standard InChI is InChI=1S/C15H23BrN2O/c1-4-17-8-13-7-14(16)5-6-15(13)18-9-11(2)19-12(3)10-18/h5-7,11-12,17H,4,8-10H2,1-3H3/t11-,12+. The molecule has 1 aromatic rings. The zero-order chi connectivity index (χ0) is 13.8. The van der Waals surface area contributed by atoms with Crippen LogP contribution in [0.2, 0.25) is 0 Å². The van der Waals surface area contributed by atoms with Crippen molar-refractivity contribution in [3.8, 4) is 0 Å². The Bertz CT molecular complexity index is 415. The summed E-state index contributed by atoms with van der Waals surface area (Å²) in [6.45, 7) is 10.2. The van der Waals surface area contributed by atoms with Crippen LogP contribution >= 0.6 is 15.9 Å². The molecule has 1 aliphatic heterocycles. The molecule has 1 fully saturated rings. The number of halogens is 1. The Hall–Kier alpha value is -0.580. The van der Waals surface area contributed by atoms with E-state index in [1.54, 1.807) is 0 Å². The Kier molecular flexibility index (Phi) is 5.25. The minimum Gasteiger partial charge on any atom is -0.372 e. The quantitative estimate of drug-likeness (QED) is 0.919. The highest BCUT2D eigenvalue weighted by Gasteiger charge is 2.23. The van der Waals surface area contributed by atoms with Crippen LogP contribution in [0.1, 0.15) is 26.3 Å². The van der Waals surface area contributed by atoms with Crippen LogP contribution in [0.25, 0.3) is 0 Å². The predicted molar refractivity (Wildman–Crippen MR) is 83.7 cm³/mol. The van der Waals surface area contributed by atoms with Gasteiger partial charge in [0.2, 0.25) is 0 Å². The van der Waals surface area contributed by atoms with Gasteiger partial charge in [0.05, 0.1) is 12.2 Å². The zero-order valence-corrected chi connectivity index (χ0v) is 13.5. The van der Waals surface area contributed by atoms with Gasteiger partial charge in [-0.05, 0) is 44.2 Å². The predicted octanol–water partition coefficient (Wildman–Crippen LogP) is 3.17. The molecule has 1 aliphatic rings. The first kappa shape index (κ1) is 14.8. The molecular formula is C15H23BrN2O. The van der Waals surface area contributed by atoms with Gasteiger partial charge in [0.25, 0.3) is 0 Å². The van der Waals surface area contributed by atoms with Gasteiger partial charge in [0.15, 0.2) is 0 Å². The summed E-state index contributed by atoms with van der Waals surface area (Å²) in [5, 5.41) is 3.41. The normalized spacial score (nSPS) is 23.7. The summed E-state index contributed by atoms with van der Waals surface area (Å²) in [7, 11) is 0. The SMILES string of the molecule is CCNCc1cc(Br)ccc1N1C[C@@H](C)O[C@@H](C)C1.